The normalized spacial score (nSPS) is 14.0. The van der Waals surface area contributed by atoms with Gasteiger partial charge in [-0.2, -0.15) is 5.26 Å². The fourth-order valence-electron chi connectivity index (χ4n) is 4.33. The van der Waals surface area contributed by atoms with E-state index in [9.17, 15) is 10.1 Å². The van der Waals surface area contributed by atoms with Crippen LogP contribution in [0.4, 0.5) is 0 Å². The van der Waals surface area contributed by atoms with Gasteiger partial charge in [0.2, 0.25) is 5.88 Å². The van der Waals surface area contributed by atoms with E-state index in [4.69, 9.17) is 47.9 Å². The number of nitriles is 1. The van der Waals surface area contributed by atoms with Crippen molar-refractivity contribution in [2.75, 3.05) is 7.11 Å². The summed E-state index contributed by atoms with van der Waals surface area (Å²) in [6.07, 6.45) is 0. The molecule has 2 N–H and O–H groups in total. The van der Waals surface area contributed by atoms with Crippen molar-refractivity contribution in [2.24, 2.45) is 5.73 Å². The Morgan fingerprint density at radius 1 is 0.975 bits per heavy atom. The summed E-state index contributed by atoms with van der Waals surface area (Å²) >= 11 is 12.4. The SMILES string of the molecule is COc1ccc(C(=O)Oc2ccc3c(c2)OC(N)=C(C#N)C3c2ccc(OCc3ccccc3Cl)cc2)cc1Cl. The van der Waals surface area contributed by atoms with Crippen LogP contribution in [-0.4, -0.2) is 13.1 Å². The van der Waals surface area contributed by atoms with Crippen molar-refractivity contribution >= 4 is 29.2 Å². The Morgan fingerprint density at radius 3 is 2.42 bits per heavy atom. The number of hydrogen-bond acceptors (Lipinski definition) is 7. The molecule has 4 aromatic carbocycles. The number of benzene rings is 4. The van der Waals surface area contributed by atoms with Crippen molar-refractivity contribution in [1.82, 2.24) is 0 Å². The average Bonchev–Trinajstić information content (AvgIpc) is 2.96. The molecule has 0 saturated heterocycles. The second kappa shape index (κ2) is 11.6. The van der Waals surface area contributed by atoms with E-state index >= 15 is 0 Å². The predicted molar refractivity (Wildman–Crippen MR) is 151 cm³/mol. The minimum Gasteiger partial charge on any atom is -0.495 e. The number of methoxy groups -OCH3 is 1. The standard InChI is InChI=1S/C31H22Cl2N2O5/c1-37-27-13-8-19(14-26(27)33)31(36)39-22-11-12-23-28(15-22)40-30(35)24(16-34)29(23)18-6-9-21(10-7-18)38-17-20-4-2-3-5-25(20)32/h2-15,29H,17,35H2,1H3. The van der Waals surface area contributed by atoms with Gasteiger partial charge in [-0.1, -0.05) is 59.6 Å². The molecule has 0 radical (unpaired) electrons. The number of ether oxygens (including phenoxy) is 4. The maximum atomic E-state index is 12.7. The number of nitrogens with two attached hydrogens (primary N) is 1. The van der Waals surface area contributed by atoms with E-state index in [1.54, 1.807) is 30.3 Å². The first kappa shape index (κ1) is 26.9. The first-order valence-electron chi connectivity index (χ1n) is 12.1. The molecule has 0 spiro atoms. The van der Waals surface area contributed by atoms with Crippen LogP contribution in [0.5, 0.6) is 23.0 Å². The van der Waals surface area contributed by atoms with Crippen LogP contribution in [0.2, 0.25) is 10.0 Å². The fraction of sp³-hybridized carbons (Fsp3) is 0.0968. The highest BCUT2D eigenvalue weighted by Gasteiger charge is 2.31. The highest BCUT2D eigenvalue weighted by atomic mass is 35.5. The molecule has 1 aliphatic heterocycles. The molecule has 1 unspecified atom stereocenters. The number of nitrogens with zero attached hydrogens (tertiary/aromatic N) is 1. The van der Waals surface area contributed by atoms with E-state index in [2.05, 4.69) is 6.07 Å². The minimum atomic E-state index is -0.606. The van der Waals surface area contributed by atoms with Gasteiger partial charge < -0.3 is 24.7 Å². The molecule has 0 bridgehead atoms. The third-order valence-electron chi connectivity index (χ3n) is 6.35. The summed E-state index contributed by atoms with van der Waals surface area (Å²) in [5.41, 5.74) is 9.05. The third-order valence-corrected chi connectivity index (χ3v) is 7.02. The van der Waals surface area contributed by atoms with Crippen LogP contribution in [0, 0.1) is 11.3 Å². The van der Waals surface area contributed by atoms with Crippen molar-refractivity contribution in [3.63, 3.8) is 0 Å². The zero-order chi connectivity index (χ0) is 28.2. The number of hydrogen-bond donors (Lipinski definition) is 1. The lowest BCUT2D eigenvalue weighted by molar-refractivity contribution is 0.0734. The number of halogens is 2. The Kier molecular flexibility index (Phi) is 7.83. The number of allylic oxidation sites excluding steroid dienone is 1. The highest BCUT2D eigenvalue weighted by molar-refractivity contribution is 6.32. The van der Waals surface area contributed by atoms with Crippen molar-refractivity contribution in [3.05, 3.63) is 129 Å². The largest absolute Gasteiger partial charge is 0.495 e. The monoisotopic (exact) mass is 572 g/mol. The van der Waals surface area contributed by atoms with Crippen LogP contribution in [0.1, 0.15) is 33.0 Å². The number of fused-ring (bicyclic) bond motifs is 1. The first-order chi connectivity index (χ1) is 19.4. The van der Waals surface area contributed by atoms with Gasteiger partial charge in [0.15, 0.2) is 0 Å². The lowest BCUT2D eigenvalue weighted by Crippen LogP contribution is -2.21. The molecule has 5 rings (SSSR count). The lowest BCUT2D eigenvalue weighted by atomic mass is 9.83. The van der Waals surface area contributed by atoms with E-state index in [0.717, 1.165) is 11.1 Å². The van der Waals surface area contributed by atoms with Gasteiger partial charge in [0, 0.05) is 22.2 Å². The lowest BCUT2D eigenvalue weighted by Gasteiger charge is -2.26. The molecule has 1 aliphatic rings. The molecule has 0 fully saturated rings. The molecule has 0 aliphatic carbocycles. The topological polar surface area (TPSA) is 104 Å². The summed E-state index contributed by atoms with van der Waals surface area (Å²) in [4.78, 5) is 12.7. The van der Waals surface area contributed by atoms with Gasteiger partial charge in [-0.15, -0.1) is 0 Å². The van der Waals surface area contributed by atoms with Gasteiger partial charge in [0.25, 0.3) is 0 Å². The molecule has 200 valence electrons. The van der Waals surface area contributed by atoms with Crippen LogP contribution >= 0.6 is 23.2 Å². The van der Waals surface area contributed by atoms with Gasteiger partial charge in [-0.3, -0.25) is 0 Å². The Balaban J connectivity index is 1.37. The Hall–Kier alpha value is -4.64. The van der Waals surface area contributed by atoms with Crippen molar-refractivity contribution in [1.29, 1.82) is 5.26 Å². The van der Waals surface area contributed by atoms with E-state index in [0.29, 0.717) is 34.4 Å². The quantitative estimate of drug-likeness (QED) is 0.187. The van der Waals surface area contributed by atoms with Crippen molar-refractivity contribution in [2.45, 2.75) is 12.5 Å². The molecular weight excluding hydrogens is 551 g/mol. The molecule has 4 aromatic rings. The summed E-state index contributed by atoms with van der Waals surface area (Å²) in [6.45, 7) is 0.319. The maximum Gasteiger partial charge on any atom is 0.343 e. The molecule has 7 nitrogen and oxygen atoms in total. The predicted octanol–water partition coefficient (Wildman–Crippen LogP) is 7.02. The van der Waals surface area contributed by atoms with Crippen LogP contribution in [0.25, 0.3) is 0 Å². The second-order valence-corrected chi connectivity index (χ2v) is 9.63. The van der Waals surface area contributed by atoms with E-state index in [-0.39, 0.29) is 27.8 Å². The molecule has 1 atom stereocenters. The van der Waals surface area contributed by atoms with Gasteiger partial charge in [0.1, 0.15) is 41.2 Å². The van der Waals surface area contributed by atoms with Gasteiger partial charge in [-0.05, 0) is 48.0 Å². The molecule has 40 heavy (non-hydrogen) atoms. The zero-order valence-electron chi connectivity index (χ0n) is 21.2. The fourth-order valence-corrected chi connectivity index (χ4v) is 4.78. The van der Waals surface area contributed by atoms with Crippen LogP contribution in [0.3, 0.4) is 0 Å². The van der Waals surface area contributed by atoms with E-state index in [1.807, 2.05) is 48.5 Å². The minimum absolute atomic E-state index is 0.0236. The van der Waals surface area contributed by atoms with Crippen LogP contribution in [-0.2, 0) is 6.61 Å². The number of carbonyl (C=O) groups is 1. The third kappa shape index (κ3) is 5.55. The van der Waals surface area contributed by atoms with E-state index in [1.165, 1.54) is 13.2 Å². The molecule has 9 heteroatoms. The van der Waals surface area contributed by atoms with Crippen LogP contribution < -0.4 is 24.7 Å². The Morgan fingerprint density at radius 2 is 1.73 bits per heavy atom. The van der Waals surface area contributed by atoms with Gasteiger partial charge >= 0.3 is 5.97 Å². The molecule has 0 aromatic heterocycles. The Labute approximate surface area is 240 Å². The average molecular weight is 573 g/mol. The second-order valence-electron chi connectivity index (χ2n) is 8.81. The van der Waals surface area contributed by atoms with E-state index < -0.39 is 11.9 Å². The summed E-state index contributed by atoms with van der Waals surface area (Å²) < 4.78 is 22.3. The summed E-state index contributed by atoms with van der Waals surface area (Å²) in [5.74, 6) is 0.588. The molecular formula is C31H22Cl2N2O5. The number of carbonyl (C=O) groups excluding carboxylic acids is 1. The molecule has 0 saturated carbocycles. The van der Waals surface area contributed by atoms with Gasteiger partial charge in [0.05, 0.1) is 23.6 Å². The Bertz CT molecular complexity index is 1660. The summed E-state index contributed by atoms with van der Waals surface area (Å²) in [6, 6.07) is 26.6. The summed E-state index contributed by atoms with van der Waals surface area (Å²) in [5, 5.41) is 10.8. The highest BCUT2D eigenvalue weighted by Crippen LogP contribution is 2.43. The first-order valence-corrected chi connectivity index (χ1v) is 12.9. The maximum absolute atomic E-state index is 12.7. The summed E-state index contributed by atoms with van der Waals surface area (Å²) in [7, 11) is 1.49. The molecule has 0 amide bonds. The number of rotatable bonds is 7. The van der Waals surface area contributed by atoms with Gasteiger partial charge in [-0.25, -0.2) is 4.79 Å². The van der Waals surface area contributed by atoms with Crippen molar-refractivity contribution in [3.8, 4) is 29.1 Å². The van der Waals surface area contributed by atoms with Crippen LogP contribution in [0.15, 0.2) is 96.4 Å². The zero-order valence-corrected chi connectivity index (χ0v) is 22.7. The van der Waals surface area contributed by atoms with Crippen molar-refractivity contribution < 1.29 is 23.7 Å². The number of esters is 1. The smallest absolute Gasteiger partial charge is 0.343 e. The molecule has 1 heterocycles.